The van der Waals surface area contributed by atoms with E-state index in [1.54, 1.807) is 29.9 Å². The van der Waals surface area contributed by atoms with E-state index in [9.17, 15) is 4.79 Å². The Morgan fingerprint density at radius 3 is 2.92 bits per heavy atom. The van der Waals surface area contributed by atoms with Gasteiger partial charge in [-0.25, -0.2) is 9.97 Å². The van der Waals surface area contributed by atoms with E-state index in [4.69, 9.17) is 5.73 Å². The Bertz CT molecular complexity index is 1070. The van der Waals surface area contributed by atoms with Crippen LogP contribution in [0.1, 0.15) is 0 Å². The molecule has 7 nitrogen and oxygen atoms in total. The lowest BCUT2D eigenvalue weighted by molar-refractivity contribution is -0.141. The quantitative estimate of drug-likeness (QED) is 0.559. The second-order valence-corrected chi connectivity index (χ2v) is 6.68. The zero-order valence-corrected chi connectivity index (χ0v) is 14.7. The molecule has 4 rings (SSSR count). The molecule has 4 aromatic rings. The number of carbonyl (C=O) groups excluding carboxylic acids is 1. The molecule has 8 heteroatoms. The number of pyridine rings is 1. The first-order valence-electron chi connectivity index (χ1n) is 7.85. The molecule has 26 heavy (non-hydrogen) atoms. The van der Waals surface area contributed by atoms with Crippen LogP contribution in [-0.2, 0) is 16.1 Å². The number of benzene rings is 1. The Balaban J connectivity index is 1.71. The Labute approximate surface area is 153 Å². The van der Waals surface area contributed by atoms with Crippen molar-refractivity contribution >= 4 is 33.3 Å². The third-order valence-corrected chi connectivity index (χ3v) is 5.00. The maximum Gasteiger partial charge on any atom is 0.327 e. The van der Waals surface area contributed by atoms with E-state index in [-0.39, 0.29) is 12.5 Å². The van der Waals surface area contributed by atoms with Crippen LogP contribution in [0, 0.1) is 0 Å². The van der Waals surface area contributed by atoms with E-state index in [1.165, 1.54) is 11.8 Å². The highest BCUT2D eigenvalue weighted by Gasteiger charge is 2.13. The first kappa shape index (κ1) is 16.2. The Morgan fingerprint density at radius 2 is 2.12 bits per heavy atom. The van der Waals surface area contributed by atoms with Gasteiger partial charge in [0, 0.05) is 23.5 Å². The normalized spacial score (nSPS) is 11.0. The topological polar surface area (TPSA) is 95.9 Å². The molecule has 0 saturated carbocycles. The minimum atomic E-state index is -0.356. The average molecular weight is 365 g/mol. The van der Waals surface area contributed by atoms with Gasteiger partial charge in [-0.15, -0.1) is 11.3 Å². The largest absolute Gasteiger partial charge is 0.468 e. The molecule has 0 bridgehead atoms. The molecule has 3 heterocycles. The zero-order valence-electron chi connectivity index (χ0n) is 13.9. The van der Waals surface area contributed by atoms with Crippen LogP contribution in [0.4, 0.5) is 5.82 Å². The van der Waals surface area contributed by atoms with Gasteiger partial charge in [0.15, 0.2) is 0 Å². The summed E-state index contributed by atoms with van der Waals surface area (Å²) in [6.45, 7) is 0.0592. The smallest absolute Gasteiger partial charge is 0.327 e. The number of rotatable bonds is 4. The van der Waals surface area contributed by atoms with Crippen molar-refractivity contribution in [2.45, 2.75) is 6.54 Å². The molecule has 3 aromatic heterocycles. The molecular weight excluding hydrogens is 350 g/mol. The summed E-state index contributed by atoms with van der Waals surface area (Å²) in [5, 5.41) is 5.00. The van der Waals surface area contributed by atoms with E-state index >= 15 is 0 Å². The molecule has 2 N–H and O–H groups in total. The lowest BCUT2D eigenvalue weighted by Crippen LogP contribution is -2.11. The van der Waals surface area contributed by atoms with Gasteiger partial charge in [0.25, 0.3) is 0 Å². The van der Waals surface area contributed by atoms with Crippen LogP contribution in [0.15, 0.2) is 48.9 Å². The Hall–Kier alpha value is -3.26. The number of esters is 1. The average Bonchev–Trinajstić information content (AvgIpc) is 3.28. The Morgan fingerprint density at radius 1 is 1.27 bits per heavy atom. The number of hydrogen-bond donors (Lipinski definition) is 1. The van der Waals surface area contributed by atoms with Gasteiger partial charge >= 0.3 is 5.97 Å². The summed E-state index contributed by atoms with van der Waals surface area (Å²) in [6.07, 6.45) is 5.14. The standard InChI is InChI=1S/C18H15N5O2S/c1-25-16(24)10-23-9-12(8-21-23)11-6-13(17(19)20-7-11)18-22-14-4-2-3-5-15(14)26-18/h2-9H,10H2,1H3,(H2,19,20). The lowest BCUT2D eigenvalue weighted by Gasteiger charge is -2.04. The molecular formula is C18H15N5O2S. The summed E-state index contributed by atoms with van der Waals surface area (Å²) < 4.78 is 7.27. The molecule has 130 valence electrons. The number of hydrogen-bond acceptors (Lipinski definition) is 7. The van der Waals surface area contributed by atoms with Crippen LogP contribution in [0.25, 0.3) is 31.9 Å². The van der Waals surface area contributed by atoms with Crippen molar-refractivity contribution in [3.63, 3.8) is 0 Å². The summed E-state index contributed by atoms with van der Waals surface area (Å²) in [7, 11) is 1.35. The monoisotopic (exact) mass is 365 g/mol. The number of fused-ring (bicyclic) bond motifs is 1. The number of nitrogen functional groups attached to an aromatic ring is 1. The first-order valence-corrected chi connectivity index (χ1v) is 8.67. The molecule has 0 radical (unpaired) electrons. The van der Waals surface area contributed by atoms with E-state index in [0.29, 0.717) is 5.82 Å². The van der Waals surface area contributed by atoms with Gasteiger partial charge in [-0.1, -0.05) is 12.1 Å². The number of thiazole rings is 1. The number of nitrogens with two attached hydrogens (primary N) is 1. The van der Waals surface area contributed by atoms with Gasteiger partial charge in [-0.3, -0.25) is 9.48 Å². The molecule has 0 aliphatic heterocycles. The molecule has 1 aromatic carbocycles. The van der Waals surface area contributed by atoms with Crippen molar-refractivity contribution in [2.24, 2.45) is 0 Å². The highest BCUT2D eigenvalue weighted by molar-refractivity contribution is 7.21. The molecule has 0 fully saturated rings. The van der Waals surface area contributed by atoms with Crippen LogP contribution in [0.5, 0.6) is 0 Å². The molecule has 0 spiro atoms. The van der Waals surface area contributed by atoms with Gasteiger partial charge in [0.05, 0.1) is 29.1 Å². The van der Waals surface area contributed by atoms with Crippen LogP contribution in [-0.4, -0.2) is 32.8 Å². The fraction of sp³-hybridized carbons (Fsp3) is 0.111. The number of anilines is 1. The van der Waals surface area contributed by atoms with Crippen molar-refractivity contribution in [3.8, 4) is 21.7 Å². The maximum atomic E-state index is 11.4. The Kier molecular flexibility index (Phi) is 4.10. The van der Waals surface area contributed by atoms with Gasteiger partial charge in [0.1, 0.15) is 17.4 Å². The second-order valence-electron chi connectivity index (χ2n) is 5.65. The number of carbonyl (C=O) groups is 1. The first-order chi connectivity index (χ1) is 12.6. The summed E-state index contributed by atoms with van der Waals surface area (Å²) >= 11 is 1.57. The van der Waals surface area contributed by atoms with E-state index in [1.807, 2.05) is 30.3 Å². The van der Waals surface area contributed by atoms with Crippen LogP contribution < -0.4 is 5.73 Å². The van der Waals surface area contributed by atoms with Crippen LogP contribution in [0.2, 0.25) is 0 Å². The van der Waals surface area contributed by atoms with Gasteiger partial charge in [-0.2, -0.15) is 5.10 Å². The van der Waals surface area contributed by atoms with Gasteiger partial charge in [0.2, 0.25) is 0 Å². The van der Waals surface area contributed by atoms with Crippen molar-refractivity contribution in [1.82, 2.24) is 19.7 Å². The van der Waals surface area contributed by atoms with Crippen molar-refractivity contribution < 1.29 is 9.53 Å². The molecule has 0 saturated heterocycles. The van der Waals surface area contributed by atoms with Gasteiger partial charge in [-0.05, 0) is 18.2 Å². The van der Waals surface area contributed by atoms with Crippen molar-refractivity contribution in [2.75, 3.05) is 12.8 Å². The predicted molar refractivity (Wildman–Crippen MR) is 101 cm³/mol. The van der Waals surface area contributed by atoms with E-state index in [2.05, 4.69) is 19.8 Å². The van der Waals surface area contributed by atoms with Crippen molar-refractivity contribution in [1.29, 1.82) is 0 Å². The maximum absolute atomic E-state index is 11.4. The SMILES string of the molecule is COC(=O)Cn1cc(-c2cnc(N)c(-c3nc4ccccc4s3)c2)cn1. The van der Waals surface area contributed by atoms with Crippen molar-refractivity contribution in [3.05, 3.63) is 48.9 Å². The summed E-state index contributed by atoms with van der Waals surface area (Å²) in [6, 6.07) is 9.89. The summed E-state index contributed by atoms with van der Waals surface area (Å²) in [4.78, 5) is 20.3. The lowest BCUT2D eigenvalue weighted by atomic mass is 10.1. The molecule has 0 aliphatic carbocycles. The molecule has 0 unspecified atom stereocenters. The summed E-state index contributed by atoms with van der Waals surface area (Å²) in [5.74, 6) is 0.0694. The molecule has 0 atom stereocenters. The van der Waals surface area contributed by atoms with Gasteiger partial charge < -0.3 is 10.5 Å². The fourth-order valence-electron chi connectivity index (χ4n) is 2.59. The zero-order chi connectivity index (χ0) is 18.1. The minimum absolute atomic E-state index is 0.0592. The van der Waals surface area contributed by atoms with E-state index in [0.717, 1.165) is 31.9 Å². The number of methoxy groups -OCH3 is 1. The summed E-state index contributed by atoms with van der Waals surface area (Å²) in [5.41, 5.74) is 9.49. The molecule has 0 amide bonds. The van der Waals surface area contributed by atoms with Crippen LogP contribution in [0.3, 0.4) is 0 Å². The number of nitrogens with zero attached hydrogens (tertiary/aromatic N) is 4. The highest BCUT2D eigenvalue weighted by atomic mass is 32.1. The number of ether oxygens (including phenoxy) is 1. The minimum Gasteiger partial charge on any atom is -0.468 e. The van der Waals surface area contributed by atoms with Crippen LogP contribution >= 0.6 is 11.3 Å². The highest BCUT2D eigenvalue weighted by Crippen LogP contribution is 2.34. The number of aromatic nitrogens is 4. The second kappa shape index (κ2) is 6.57. The number of para-hydroxylation sites is 1. The fourth-order valence-corrected chi connectivity index (χ4v) is 3.58. The third-order valence-electron chi connectivity index (χ3n) is 3.93. The third kappa shape index (κ3) is 3.02. The van der Waals surface area contributed by atoms with E-state index < -0.39 is 0 Å². The predicted octanol–water partition coefficient (Wildman–Crippen LogP) is 2.98. The molecule has 0 aliphatic rings.